The lowest BCUT2D eigenvalue weighted by Crippen LogP contribution is -2.43. The number of nitrogens with one attached hydrogen (secondary N) is 2. The van der Waals surface area contributed by atoms with Gasteiger partial charge in [-0.05, 0) is 23.8 Å². The first-order valence-electron chi connectivity index (χ1n) is 8.21. The van der Waals surface area contributed by atoms with Crippen molar-refractivity contribution in [3.63, 3.8) is 0 Å². The lowest BCUT2D eigenvalue weighted by atomic mass is 10.0. The topological polar surface area (TPSA) is 70.2 Å². The van der Waals surface area contributed by atoms with Crippen LogP contribution in [0.25, 0.3) is 0 Å². The molecule has 0 spiro atoms. The highest BCUT2D eigenvalue weighted by atomic mass is 19.4. The van der Waals surface area contributed by atoms with Crippen LogP contribution in [0, 0.1) is 0 Å². The standard InChI is InChI=1S/C17H19F3N4O2/c18-17(19,20)13-3-1-12(2-4-13)15(24-7-9-26-10-8-24)11-21-16(25)14-5-6-22-23-14/h1-6,15H,7-11H2,(H,21,25)(H,22,23). The van der Waals surface area contributed by atoms with E-state index < -0.39 is 11.7 Å². The second kappa shape index (κ2) is 7.88. The molecule has 6 nitrogen and oxygen atoms in total. The normalized spacial score (nSPS) is 17.0. The summed E-state index contributed by atoms with van der Waals surface area (Å²) in [5.74, 6) is -0.312. The number of H-pyrrole nitrogens is 1. The van der Waals surface area contributed by atoms with Crippen molar-refractivity contribution in [2.75, 3.05) is 32.8 Å². The first-order chi connectivity index (χ1) is 12.4. The van der Waals surface area contributed by atoms with Crippen molar-refractivity contribution in [1.82, 2.24) is 20.4 Å². The number of rotatable bonds is 5. The van der Waals surface area contributed by atoms with Crippen LogP contribution in [-0.2, 0) is 10.9 Å². The molecular formula is C17H19F3N4O2. The van der Waals surface area contributed by atoms with E-state index in [0.29, 0.717) is 37.6 Å². The van der Waals surface area contributed by atoms with Crippen molar-refractivity contribution in [2.24, 2.45) is 0 Å². The molecule has 1 atom stereocenters. The van der Waals surface area contributed by atoms with Gasteiger partial charge in [-0.25, -0.2) is 0 Å². The van der Waals surface area contributed by atoms with E-state index in [9.17, 15) is 18.0 Å². The lowest BCUT2D eigenvalue weighted by Gasteiger charge is -2.35. The summed E-state index contributed by atoms with van der Waals surface area (Å²) >= 11 is 0. The number of nitrogens with zero attached hydrogens (tertiary/aromatic N) is 2. The number of hydrogen-bond acceptors (Lipinski definition) is 4. The summed E-state index contributed by atoms with van der Waals surface area (Å²) in [7, 11) is 0. The Labute approximate surface area is 148 Å². The molecule has 1 saturated heterocycles. The molecule has 0 bridgehead atoms. The number of amides is 1. The first-order valence-corrected chi connectivity index (χ1v) is 8.21. The van der Waals surface area contributed by atoms with Gasteiger partial charge >= 0.3 is 6.18 Å². The molecule has 3 rings (SSSR count). The Kier molecular flexibility index (Phi) is 5.58. The summed E-state index contributed by atoms with van der Waals surface area (Å²) in [6.07, 6.45) is -2.90. The van der Waals surface area contributed by atoms with E-state index in [2.05, 4.69) is 20.4 Å². The minimum atomic E-state index is -4.37. The van der Waals surface area contributed by atoms with Gasteiger partial charge in [0.05, 0.1) is 24.8 Å². The van der Waals surface area contributed by atoms with Gasteiger partial charge < -0.3 is 10.1 Å². The third-order valence-electron chi connectivity index (χ3n) is 4.31. The van der Waals surface area contributed by atoms with Gasteiger partial charge in [0.25, 0.3) is 5.91 Å². The zero-order valence-corrected chi connectivity index (χ0v) is 13.9. The highest BCUT2D eigenvalue weighted by molar-refractivity contribution is 5.92. The van der Waals surface area contributed by atoms with Gasteiger partial charge in [-0.3, -0.25) is 14.8 Å². The van der Waals surface area contributed by atoms with Crippen molar-refractivity contribution in [3.8, 4) is 0 Å². The Balaban J connectivity index is 1.75. The number of halogens is 3. The Bertz CT molecular complexity index is 711. The zero-order chi connectivity index (χ0) is 18.6. The number of carbonyl (C=O) groups is 1. The summed E-state index contributed by atoms with van der Waals surface area (Å²) in [6, 6.07) is 6.38. The highest BCUT2D eigenvalue weighted by Crippen LogP contribution is 2.31. The summed E-state index contributed by atoms with van der Waals surface area (Å²) in [5.41, 5.74) is 0.353. The quantitative estimate of drug-likeness (QED) is 0.849. The Morgan fingerprint density at radius 2 is 1.92 bits per heavy atom. The molecule has 0 saturated carbocycles. The highest BCUT2D eigenvalue weighted by Gasteiger charge is 2.31. The minimum Gasteiger partial charge on any atom is -0.379 e. The van der Waals surface area contributed by atoms with Gasteiger partial charge in [-0.2, -0.15) is 18.3 Å². The van der Waals surface area contributed by atoms with Crippen molar-refractivity contribution >= 4 is 5.91 Å². The van der Waals surface area contributed by atoms with Crippen LogP contribution in [-0.4, -0.2) is 53.9 Å². The van der Waals surface area contributed by atoms with E-state index in [1.54, 1.807) is 6.07 Å². The number of aromatic nitrogens is 2. The first kappa shape index (κ1) is 18.4. The summed E-state index contributed by atoms with van der Waals surface area (Å²) < 4.78 is 43.7. The molecular weight excluding hydrogens is 349 g/mol. The van der Waals surface area contributed by atoms with Gasteiger partial charge in [-0.15, -0.1) is 0 Å². The summed E-state index contributed by atoms with van der Waals surface area (Å²) in [6.45, 7) is 2.65. The fourth-order valence-electron chi connectivity index (χ4n) is 2.91. The van der Waals surface area contributed by atoms with E-state index in [1.165, 1.54) is 18.3 Å². The van der Waals surface area contributed by atoms with Gasteiger partial charge in [0.15, 0.2) is 0 Å². The molecule has 1 amide bonds. The molecule has 9 heteroatoms. The number of benzene rings is 1. The third-order valence-corrected chi connectivity index (χ3v) is 4.31. The molecule has 1 aliphatic heterocycles. The van der Waals surface area contributed by atoms with Gasteiger partial charge in [0.2, 0.25) is 0 Å². The maximum absolute atomic E-state index is 12.8. The second-order valence-electron chi connectivity index (χ2n) is 5.96. The average molecular weight is 368 g/mol. The summed E-state index contributed by atoms with van der Waals surface area (Å²) in [5, 5.41) is 9.13. The second-order valence-corrected chi connectivity index (χ2v) is 5.96. The maximum Gasteiger partial charge on any atom is 0.416 e. The Morgan fingerprint density at radius 1 is 1.23 bits per heavy atom. The van der Waals surface area contributed by atoms with Crippen LogP contribution in [0.15, 0.2) is 36.5 Å². The predicted octanol–water partition coefficient (Wildman–Crippen LogP) is 2.23. The third kappa shape index (κ3) is 4.41. The SMILES string of the molecule is O=C(NCC(c1ccc(C(F)(F)F)cc1)N1CCOCC1)c1ccn[nH]1. The molecule has 26 heavy (non-hydrogen) atoms. The van der Waals surface area contributed by atoms with Crippen LogP contribution < -0.4 is 5.32 Å². The van der Waals surface area contributed by atoms with Crippen molar-refractivity contribution in [2.45, 2.75) is 12.2 Å². The molecule has 2 aromatic rings. The van der Waals surface area contributed by atoms with Gasteiger partial charge in [-0.1, -0.05) is 12.1 Å². The molecule has 1 unspecified atom stereocenters. The Morgan fingerprint density at radius 3 is 2.50 bits per heavy atom. The van der Waals surface area contributed by atoms with E-state index in [1.807, 2.05) is 0 Å². The predicted molar refractivity (Wildman–Crippen MR) is 87.5 cm³/mol. The van der Waals surface area contributed by atoms with Crippen LogP contribution in [0.3, 0.4) is 0 Å². The van der Waals surface area contributed by atoms with Crippen LogP contribution in [0.5, 0.6) is 0 Å². The van der Waals surface area contributed by atoms with Crippen LogP contribution in [0.2, 0.25) is 0 Å². The fourth-order valence-corrected chi connectivity index (χ4v) is 2.91. The fraction of sp³-hybridized carbons (Fsp3) is 0.412. The molecule has 1 aliphatic rings. The lowest BCUT2D eigenvalue weighted by molar-refractivity contribution is -0.137. The maximum atomic E-state index is 12.8. The monoisotopic (exact) mass is 368 g/mol. The number of carbonyl (C=O) groups excluding carboxylic acids is 1. The molecule has 1 aromatic carbocycles. The summed E-state index contributed by atoms with van der Waals surface area (Å²) in [4.78, 5) is 14.2. The average Bonchev–Trinajstić information content (AvgIpc) is 3.17. The van der Waals surface area contributed by atoms with E-state index >= 15 is 0 Å². The van der Waals surface area contributed by atoms with E-state index in [0.717, 1.165) is 12.1 Å². The number of aromatic amines is 1. The molecule has 0 radical (unpaired) electrons. The number of hydrogen-bond donors (Lipinski definition) is 2. The molecule has 1 fully saturated rings. The Hall–Kier alpha value is -2.39. The van der Waals surface area contributed by atoms with Crippen molar-refractivity contribution in [3.05, 3.63) is 53.3 Å². The van der Waals surface area contributed by atoms with Crippen molar-refractivity contribution < 1.29 is 22.7 Å². The van der Waals surface area contributed by atoms with Crippen molar-refractivity contribution in [1.29, 1.82) is 0 Å². The van der Waals surface area contributed by atoms with Gasteiger partial charge in [0.1, 0.15) is 5.69 Å². The van der Waals surface area contributed by atoms with Crippen LogP contribution in [0.1, 0.15) is 27.7 Å². The largest absolute Gasteiger partial charge is 0.416 e. The zero-order valence-electron chi connectivity index (χ0n) is 13.9. The number of alkyl halides is 3. The number of morpholine rings is 1. The molecule has 0 aliphatic carbocycles. The molecule has 2 N–H and O–H groups in total. The molecule has 140 valence electrons. The van der Waals surface area contributed by atoms with Gasteiger partial charge in [0, 0.05) is 25.8 Å². The van der Waals surface area contributed by atoms with E-state index in [-0.39, 0.29) is 18.5 Å². The molecule has 1 aromatic heterocycles. The van der Waals surface area contributed by atoms with E-state index in [4.69, 9.17) is 4.74 Å². The smallest absolute Gasteiger partial charge is 0.379 e. The minimum absolute atomic E-state index is 0.243. The van der Waals surface area contributed by atoms with Crippen LogP contribution in [0.4, 0.5) is 13.2 Å². The number of ether oxygens (including phenoxy) is 1. The molecule has 2 heterocycles. The van der Waals surface area contributed by atoms with Crippen LogP contribution >= 0.6 is 0 Å².